The first-order valence-corrected chi connectivity index (χ1v) is 8.27. The summed E-state index contributed by atoms with van der Waals surface area (Å²) >= 11 is 6.38. The van der Waals surface area contributed by atoms with Gasteiger partial charge in [0.25, 0.3) is 0 Å². The van der Waals surface area contributed by atoms with E-state index in [1.807, 2.05) is 12.1 Å². The Morgan fingerprint density at radius 2 is 2.05 bits per heavy atom. The number of rotatable bonds is 2. The summed E-state index contributed by atoms with van der Waals surface area (Å²) in [6, 6.07) is 8.71. The first-order valence-electron chi connectivity index (χ1n) is 7.89. The predicted octanol–water partition coefficient (Wildman–Crippen LogP) is 3.87. The van der Waals surface area contributed by atoms with Gasteiger partial charge >= 0.3 is 0 Å². The molecule has 2 saturated heterocycles. The lowest BCUT2D eigenvalue weighted by Gasteiger charge is -2.47. The highest BCUT2D eigenvalue weighted by Gasteiger charge is 2.38. The van der Waals surface area contributed by atoms with Gasteiger partial charge in [-0.25, -0.2) is 0 Å². The minimum atomic E-state index is 0.419. The highest BCUT2D eigenvalue weighted by molar-refractivity contribution is 6.31. The van der Waals surface area contributed by atoms with Crippen LogP contribution in [0.25, 0.3) is 0 Å². The molecule has 2 fully saturated rings. The Morgan fingerprint density at radius 3 is 2.80 bits per heavy atom. The molecule has 2 heterocycles. The summed E-state index contributed by atoms with van der Waals surface area (Å²) in [6.07, 6.45) is 5.41. The first-order chi connectivity index (χ1) is 9.70. The molecule has 2 unspecified atom stereocenters. The highest BCUT2D eigenvalue weighted by Crippen LogP contribution is 2.39. The quantitative estimate of drug-likeness (QED) is 0.890. The zero-order chi connectivity index (χ0) is 14.0. The Morgan fingerprint density at radius 1 is 1.25 bits per heavy atom. The number of nitrogens with zero attached hydrogens (tertiary/aromatic N) is 1. The molecule has 110 valence electrons. The number of halogens is 1. The van der Waals surface area contributed by atoms with E-state index in [0.717, 1.165) is 5.02 Å². The van der Waals surface area contributed by atoms with Crippen LogP contribution in [0.3, 0.4) is 0 Å². The van der Waals surface area contributed by atoms with Crippen molar-refractivity contribution in [1.82, 2.24) is 10.2 Å². The average Bonchev–Trinajstić information content (AvgIpc) is 2.48. The van der Waals surface area contributed by atoms with E-state index < -0.39 is 0 Å². The third kappa shape index (κ3) is 2.88. The summed E-state index contributed by atoms with van der Waals surface area (Å²) in [5, 5.41) is 4.51. The third-order valence-electron chi connectivity index (χ3n) is 5.15. The van der Waals surface area contributed by atoms with E-state index >= 15 is 0 Å². The molecule has 0 radical (unpaired) electrons. The van der Waals surface area contributed by atoms with Gasteiger partial charge < -0.3 is 5.32 Å². The van der Waals surface area contributed by atoms with Gasteiger partial charge in [0.1, 0.15) is 0 Å². The zero-order valence-electron chi connectivity index (χ0n) is 12.4. The highest BCUT2D eigenvalue weighted by atomic mass is 35.5. The van der Waals surface area contributed by atoms with Crippen molar-refractivity contribution in [3.8, 4) is 0 Å². The van der Waals surface area contributed by atoms with Crippen molar-refractivity contribution in [3.63, 3.8) is 0 Å². The normalized spacial score (nSPS) is 29.5. The van der Waals surface area contributed by atoms with E-state index in [1.54, 1.807) is 0 Å². The average molecular weight is 293 g/mol. The number of hydrogen-bond acceptors (Lipinski definition) is 2. The maximum atomic E-state index is 6.38. The van der Waals surface area contributed by atoms with Gasteiger partial charge in [-0.2, -0.15) is 0 Å². The van der Waals surface area contributed by atoms with E-state index in [-0.39, 0.29) is 0 Å². The molecule has 3 rings (SSSR count). The molecule has 2 nitrogen and oxygen atoms in total. The van der Waals surface area contributed by atoms with E-state index in [1.165, 1.54) is 57.4 Å². The lowest BCUT2D eigenvalue weighted by molar-refractivity contribution is 0.0416. The third-order valence-corrected chi connectivity index (χ3v) is 5.50. The van der Waals surface area contributed by atoms with Crippen LogP contribution < -0.4 is 5.32 Å². The van der Waals surface area contributed by atoms with Gasteiger partial charge in [-0.1, -0.05) is 29.8 Å². The van der Waals surface area contributed by atoms with Crippen LogP contribution in [-0.2, 0) is 0 Å². The van der Waals surface area contributed by atoms with Gasteiger partial charge in [-0.3, -0.25) is 4.90 Å². The summed E-state index contributed by atoms with van der Waals surface area (Å²) in [5.41, 5.74) is 1.78. The van der Waals surface area contributed by atoms with Gasteiger partial charge in [-0.05, 0) is 62.7 Å². The second kappa shape index (κ2) is 6.05. The monoisotopic (exact) mass is 292 g/mol. The van der Waals surface area contributed by atoms with Crippen LogP contribution in [0.1, 0.15) is 44.2 Å². The molecule has 0 bridgehead atoms. The fraction of sp³-hybridized carbons (Fsp3) is 0.647. The molecular formula is C17H25ClN2. The Balaban J connectivity index is 1.75. The minimum absolute atomic E-state index is 0.419. The van der Waals surface area contributed by atoms with E-state index in [9.17, 15) is 0 Å². The Kier molecular flexibility index (Phi) is 4.34. The number of benzene rings is 1. The molecule has 0 aliphatic carbocycles. The standard InChI is InChI=1S/C17H25ClN2/c1-14(15-6-2-3-7-16(15)18)20-11-5-9-17(13-20)8-4-10-19-12-17/h2-3,6-7,14,19H,4-5,8-13H2,1H3. The lowest BCUT2D eigenvalue weighted by Crippen LogP contribution is -2.51. The van der Waals surface area contributed by atoms with Gasteiger partial charge in [0.15, 0.2) is 0 Å². The maximum absolute atomic E-state index is 6.38. The number of likely N-dealkylation sites (tertiary alicyclic amines) is 1. The fourth-order valence-corrected chi connectivity index (χ4v) is 4.26. The number of nitrogens with one attached hydrogen (secondary N) is 1. The van der Waals surface area contributed by atoms with Crippen molar-refractivity contribution in [3.05, 3.63) is 34.9 Å². The fourth-order valence-electron chi connectivity index (χ4n) is 3.97. The van der Waals surface area contributed by atoms with E-state index in [4.69, 9.17) is 11.6 Å². The Bertz CT molecular complexity index is 449. The summed E-state index contributed by atoms with van der Waals surface area (Å²) in [7, 11) is 0. The molecule has 2 atom stereocenters. The minimum Gasteiger partial charge on any atom is -0.316 e. The zero-order valence-corrected chi connectivity index (χ0v) is 13.1. The maximum Gasteiger partial charge on any atom is 0.0453 e. The van der Waals surface area contributed by atoms with Gasteiger partial charge in [0, 0.05) is 24.2 Å². The summed E-state index contributed by atoms with van der Waals surface area (Å²) in [6.45, 7) is 7.11. The van der Waals surface area contributed by atoms with Crippen LogP contribution in [0, 0.1) is 5.41 Å². The molecule has 2 aliphatic rings. The second-order valence-corrected chi connectivity index (χ2v) is 6.96. The van der Waals surface area contributed by atoms with Crippen molar-refractivity contribution >= 4 is 11.6 Å². The second-order valence-electron chi connectivity index (χ2n) is 6.55. The van der Waals surface area contributed by atoms with Crippen LogP contribution in [0.5, 0.6) is 0 Å². The molecule has 1 spiro atoms. The number of hydrogen-bond donors (Lipinski definition) is 1. The van der Waals surface area contributed by atoms with Crippen molar-refractivity contribution in [2.45, 2.75) is 38.6 Å². The van der Waals surface area contributed by atoms with Gasteiger partial charge in [0.05, 0.1) is 0 Å². The van der Waals surface area contributed by atoms with Crippen molar-refractivity contribution < 1.29 is 0 Å². The first kappa shape index (κ1) is 14.4. The SMILES string of the molecule is CC(c1ccccc1Cl)N1CCCC2(CCCNC2)C1. The summed E-state index contributed by atoms with van der Waals surface area (Å²) < 4.78 is 0. The lowest BCUT2D eigenvalue weighted by atomic mass is 9.74. The molecule has 0 saturated carbocycles. The molecule has 20 heavy (non-hydrogen) atoms. The van der Waals surface area contributed by atoms with Crippen molar-refractivity contribution in [1.29, 1.82) is 0 Å². The van der Waals surface area contributed by atoms with Crippen LogP contribution in [0.4, 0.5) is 0 Å². The van der Waals surface area contributed by atoms with E-state index in [0.29, 0.717) is 11.5 Å². The summed E-state index contributed by atoms with van der Waals surface area (Å²) in [4.78, 5) is 2.64. The summed E-state index contributed by atoms with van der Waals surface area (Å²) in [5.74, 6) is 0. The number of piperidine rings is 2. The molecule has 2 aliphatic heterocycles. The van der Waals surface area contributed by atoms with Crippen LogP contribution in [-0.4, -0.2) is 31.1 Å². The molecule has 1 aromatic rings. The smallest absolute Gasteiger partial charge is 0.0453 e. The van der Waals surface area contributed by atoms with Crippen LogP contribution >= 0.6 is 11.6 Å². The molecule has 0 aromatic heterocycles. The molecule has 1 N–H and O–H groups in total. The molecule has 1 aromatic carbocycles. The van der Waals surface area contributed by atoms with Crippen LogP contribution in [0.2, 0.25) is 5.02 Å². The molecule has 3 heteroatoms. The Labute approximate surface area is 127 Å². The topological polar surface area (TPSA) is 15.3 Å². The molecular weight excluding hydrogens is 268 g/mol. The van der Waals surface area contributed by atoms with Gasteiger partial charge in [0.2, 0.25) is 0 Å². The Hall–Kier alpha value is -0.570. The largest absolute Gasteiger partial charge is 0.316 e. The molecule has 0 amide bonds. The predicted molar refractivity (Wildman–Crippen MR) is 85.2 cm³/mol. The van der Waals surface area contributed by atoms with Gasteiger partial charge in [-0.15, -0.1) is 0 Å². The van der Waals surface area contributed by atoms with Crippen molar-refractivity contribution in [2.24, 2.45) is 5.41 Å². The van der Waals surface area contributed by atoms with Crippen LogP contribution in [0.15, 0.2) is 24.3 Å². The van der Waals surface area contributed by atoms with E-state index in [2.05, 4.69) is 29.3 Å². The van der Waals surface area contributed by atoms with Crippen molar-refractivity contribution in [2.75, 3.05) is 26.2 Å².